The van der Waals surface area contributed by atoms with Crippen molar-refractivity contribution in [1.82, 2.24) is 9.47 Å². The van der Waals surface area contributed by atoms with Crippen LogP contribution in [0.5, 0.6) is 11.6 Å². The van der Waals surface area contributed by atoms with E-state index in [-0.39, 0.29) is 12.5 Å². The summed E-state index contributed by atoms with van der Waals surface area (Å²) in [6, 6.07) is 12.0. The second-order valence-electron chi connectivity index (χ2n) is 11.9. The molecule has 1 aliphatic heterocycles. The lowest BCUT2D eigenvalue weighted by Crippen LogP contribution is -2.35. The van der Waals surface area contributed by atoms with Gasteiger partial charge in [-0.2, -0.15) is 0 Å². The third kappa shape index (κ3) is 5.18. The Hall–Kier alpha value is -2.71. The van der Waals surface area contributed by atoms with Gasteiger partial charge in [0.2, 0.25) is 5.88 Å². The van der Waals surface area contributed by atoms with Gasteiger partial charge in [-0.05, 0) is 79.3 Å². The molecule has 3 aromatic rings. The lowest BCUT2D eigenvalue weighted by Gasteiger charge is -2.40. The summed E-state index contributed by atoms with van der Waals surface area (Å²) in [5.41, 5.74) is 3.84. The number of nitrogens with zero attached hydrogens (tertiary/aromatic N) is 4. The topological polar surface area (TPSA) is 79.4 Å². The SMILES string of the molecule is Cc1cccc(OCC(=O)N=Nc2c(O)n(CN3C[C@]4(C)C[C@H]3CC(C)(C)C4)c3ccc(Br)cc23)c1C. The molecule has 2 atom stereocenters. The van der Waals surface area contributed by atoms with Gasteiger partial charge in [0.1, 0.15) is 5.75 Å². The molecule has 2 aliphatic rings. The fourth-order valence-corrected chi connectivity index (χ4v) is 6.98. The lowest BCUT2D eigenvalue weighted by atomic mass is 9.65. The number of rotatable bonds is 6. The van der Waals surface area contributed by atoms with Gasteiger partial charge < -0.3 is 9.84 Å². The lowest BCUT2D eigenvalue weighted by molar-refractivity contribution is -0.120. The summed E-state index contributed by atoms with van der Waals surface area (Å²) in [7, 11) is 0. The van der Waals surface area contributed by atoms with Crippen molar-refractivity contribution in [2.45, 2.75) is 66.6 Å². The molecule has 2 heterocycles. The van der Waals surface area contributed by atoms with E-state index < -0.39 is 5.91 Å². The number of carbonyl (C=O) groups is 1. The first-order valence-corrected chi connectivity index (χ1v) is 13.6. The number of azo groups is 1. The minimum atomic E-state index is -0.514. The zero-order chi connectivity index (χ0) is 26.5. The Labute approximate surface area is 226 Å². The van der Waals surface area contributed by atoms with Gasteiger partial charge in [-0.25, -0.2) is 0 Å². The molecule has 1 saturated heterocycles. The normalized spacial score (nSPS) is 23.2. The number of aryl methyl sites for hydroxylation is 1. The van der Waals surface area contributed by atoms with Crippen LogP contribution in [0.1, 0.15) is 51.2 Å². The first-order valence-electron chi connectivity index (χ1n) is 12.8. The summed E-state index contributed by atoms with van der Waals surface area (Å²) in [6.07, 6.45) is 3.54. The van der Waals surface area contributed by atoms with E-state index in [1.54, 1.807) is 0 Å². The van der Waals surface area contributed by atoms with E-state index in [0.717, 1.165) is 39.5 Å². The van der Waals surface area contributed by atoms with E-state index in [4.69, 9.17) is 4.74 Å². The number of amides is 1. The molecule has 2 fully saturated rings. The van der Waals surface area contributed by atoms with Crippen LogP contribution in [0.15, 0.2) is 51.1 Å². The number of hydrogen-bond donors (Lipinski definition) is 1. The molecule has 2 bridgehead atoms. The fraction of sp³-hybridized carbons (Fsp3) is 0.483. The minimum Gasteiger partial charge on any atom is -0.493 e. The largest absolute Gasteiger partial charge is 0.493 e. The number of halogens is 1. The fourth-order valence-electron chi connectivity index (χ4n) is 6.62. The predicted octanol–water partition coefficient (Wildman–Crippen LogP) is 7.27. The van der Waals surface area contributed by atoms with Crippen molar-refractivity contribution in [3.8, 4) is 11.6 Å². The predicted molar refractivity (Wildman–Crippen MR) is 148 cm³/mol. The average molecular weight is 568 g/mol. The van der Waals surface area contributed by atoms with Gasteiger partial charge in [-0.3, -0.25) is 14.3 Å². The number of hydrogen-bond acceptors (Lipinski definition) is 5. The standard InChI is InChI=1S/C29H35BrN4O3/c1-18-7-6-8-24(19(18)2)37-14-25(35)31-32-26-22-11-20(30)9-10-23(22)34(27(26)36)17-33-16-29(5)13-21(33)12-28(3,4)15-29/h6-11,21,36H,12-17H2,1-5H3/t21-,29-/m1/s1. The smallest absolute Gasteiger partial charge is 0.302 e. The molecule has 0 radical (unpaired) electrons. The first-order chi connectivity index (χ1) is 17.4. The Morgan fingerprint density at radius 2 is 1.97 bits per heavy atom. The van der Waals surface area contributed by atoms with Crippen LogP contribution in [0.4, 0.5) is 5.69 Å². The Kier molecular flexibility index (Phi) is 6.69. The molecule has 0 spiro atoms. The highest BCUT2D eigenvalue weighted by molar-refractivity contribution is 9.10. The summed E-state index contributed by atoms with van der Waals surface area (Å²) >= 11 is 3.53. The number of fused-ring (bicyclic) bond motifs is 3. The van der Waals surface area contributed by atoms with Gasteiger partial charge in [0.15, 0.2) is 12.3 Å². The molecular formula is C29H35BrN4O3. The Balaban J connectivity index is 1.39. The summed E-state index contributed by atoms with van der Waals surface area (Å²) in [5, 5.41) is 20.1. The van der Waals surface area contributed by atoms with Gasteiger partial charge >= 0.3 is 5.91 Å². The van der Waals surface area contributed by atoms with Gasteiger partial charge in [0, 0.05) is 22.4 Å². The highest BCUT2D eigenvalue weighted by atomic mass is 79.9. The van der Waals surface area contributed by atoms with Crippen molar-refractivity contribution in [2.75, 3.05) is 13.2 Å². The van der Waals surface area contributed by atoms with Crippen molar-refractivity contribution in [3.05, 3.63) is 52.0 Å². The van der Waals surface area contributed by atoms with Crippen LogP contribution >= 0.6 is 15.9 Å². The highest BCUT2D eigenvalue weighted by Gasteiger charge is 2.49. The third-order valence-corrected chi connectivity index (χ3v) is 8.48. The summed E-state index contributed by atoms with van der Waals surface area (Å²) in [6.45, 7) is 12.4. The van der Waals surface area contributed by atoms with Crippen molar-refractivity contribution >= 4 is 38.4 Å². The molecule has 8 heteroatoms. The minimum absolute atomic E-state index is 0.0194. The van der Waals surface area contributed by atoms with Gasteiger partial charge in [0.25, 0.3) is 0 Å². The van der Waals surface area contributed by atoms with Gasteiger partial charge in [-0.1, -0.05) is 48.8 Å². The number of aromatic hydroxyl groups is 1. The summed E-state index contributed by atoms with van der Waals surface area (Å²) in [4.78, 5) is 15.0. The number of carbonyl (C=O) groups excluding carboxylic acids is 1. The van der Waals surface area contributed by atoms with Crippen LogP contribution in [0.25, 0.3) is 10.9 Å². The molecule has 1 N–H and O–H groups in total. The van der Waals surface area contributed by atoms with Crippen LogP contribution < -0.4 is 4.74 Å². The zero-order valence-electron chi connectivity index (χ0n) is 22.2. The highest BCUT2D eigenvalue weighted by Crippen LogP contribution is 2.53. The molecule has 0 unspecified atom stereocenters. The monoisotopic (exact) mass is 566 g/mol. The van der Waals surface area contributed by atoms with Crippen molar-refractivity contribution in [2.24, 2.45) is 21.1 Å². The third-order valence-electron chi connectivity index (χ3n) is 7.99. The van der Waals surface area contributed by atoms with Crippen LogP contribution in [0.3, 0.4) is 0 Å². The second-order valence-corrected chi connectivity index (χ2v) is 12.9. The first kappa shape index (κ1) is 25.9. The molecular weight excluding hydrogens is 532 g/mol. The van der Waals surface area contributed by atoms with Crippen LogP contribution in [0, 0.1) is 24.7 Å². The van der Waals surface area contributed by atoms with Crippen LogP contribution in [-0.4, -0.2) is 39.7 Å². The number of likely N-dealkylation sites (tertiary alicyclic amines) is 1. The van der Waals surface area contributed by atoms with E-state index in [9.17, 15) is 9.90 Å². The molecule has 7 nitrogen and oxygen atoms in total. The molecule has 5 rings (SSSR count). The average Bonchev–Trinajstić information content (AvgIpc) is 3.21. The molecule has 37 heavy (non-hydrogen) atoms. The maximum absolute atomic E-state index is 12.5. The number of ether oxygens (including phenoxy) is 1. The maximum Gasteiger partial charge on any atom is 0.302 e. The van der Waals surface area contributed by atoms with Crippen molar-refractivity contribution < 1.29 is 14.6 Å². The Morgan fingerprint density at radius 1 is 1.19 bits per heavy atom. The maximum atomic E-state index is 12.5. The van der Waals surface area contributed by atoms with E-state index in [2.05, 4.69) is 51.8 Å². The van der Waals surface area contributed by atoms with Crippen LogP contribution in [-0.2, 0) is 11.5 Å². The van der Waals surface area contributed by atoms with E-state index in [1.807, 2.05) is 54.8 Å². The second kappa shape index (κ2) is 9.55. The molecule has 2 aromatic carbocycles. The van der Waals surface area contributed by atoms with Gasteiger partial charge in [-0.15, -0.1) is 10.2 Å². The van der Waals surface area contributed by atoms with Crippen molar-refractivity contribution in [3.63, 3.8) is 0 Å². The Morgan fingerprint density at radius 3 is 2.76 bits per heavy atom. The quantitative estimate of drug-likeness (QED) is 0.318. The molecule has 1 aliphatic carbocycles. The van der Waals surface area contributed by atoms with Crippen molar-refractivity contribution in [1.29, 1.82) is 0 Å². The zero-order valence-corrected chi connectivity index (χ0v) is 23.8. The van der Waals surface area contributed by atoms with E-state index in [1.165, 1.54) is 12.8 Å². The number of aromatic nitrogens is 1. The Bertz CT molecular complexity index is 1400. The van der Waals surface area contributed by atoms with E-state index >= 15 is 0 Å². The summed E-state index contributed by atoms with van der Waals surface area (Å²) in [5.74, 6) is 0.158. The molecule has 1 amide bonds. The molecule has 1 aromatic heterocycles. The molecule has 1 saturated carbocycles. The summed E-state index contributed by atoms with van der Waals surface area (Å²) < 4.78 is 8.44. The number of benzene rings is 2. The van der Waals surface area contributed by atoms with Crippen LogP contribution in [0.2, 0.25) is 0 Å². The molecule has 196 valence electrons. The van der Waals surface area contributed by atoms with Gasteiger partial charge in [0.05, 0.1) is 12.2 Å². The van der Waals surface area contributed by atoms with E-state index in [0.29, 0.717) is 35.0 Å².